The molecule has 2 unspecified atom stereocenters. The number of sulfone groups is 1. The summed E-state index contributed by atoms with van der Waals surface area (Å²) in [5, 5.41) is 8.86. The molecule has 2 aliphatic heterocycles. The molecule has 17 heavy (non-hydrogen) atoms. The van der Waals surface area contributed by atoms with Gasteiger partial charge in [0.15, 0.2) is 5.79 Å². The van der Waals surface area contributed by atoms with Crippen LogP contribution in [0.15, 0.2) is 0 Å². The molecule has 0 bridgehead atoms. The van der Waals surface area contributed by atoms with Gasteiger partial charge in [-0.1, -0.05) is 0 Å². The maximum absolute atomic E-state index is 11.4. The average Bonchev–Trinajstić information content (AvgIpc) is 2.61. The van der Waals surface area contributed by atoms with E-state index in [2.05, 4.69) is 0 Å². The molecule has 1 N–H and O–H groups in total. The van der Waals surface area contributed by atoms with Crippen LogP contribution in [-0.2, 0) is 19.3 Å². The molecule has 0 radical (unpaired) electrons. The van der Waals surface area contributed by atoms with Gasteiger partial charge < -0.3 is 14.6 Å². The molecule has 2 saturated heterocycles. The Morgan fingerprint density at radius 3 is 2.59 bits per heavy atom. The van der Waals surface area contributed by atoms with Crippen LogP contribution in [0.1, 0.15) is 26.2 Å². The molecule has 0 aliphatic carbocycles. The van der Waals surface area contributed by atoms with Crippen molar-refractivity contribution >= 4 is 9.84 Å². The zero-order valence-corrected chi connectivity index (χ0v) is 10.9. The summed E-state index contributed by atoms with van der Waals surface area (Å²) in [7, 11) is -2.85. The lowest BCUT2D eigenvalue weighted by atomic mass is 9.94. The third-order valence-corrected chi connectivity index (χ3v) is 5.42. The van der Waals surface area contributed by atoms with Crippen molar-refractivity contribution in [3.8, 4) is 0 Å². The normalized spacial score (nSPS) is 38.4. The van der Waals surface area contributed by atoms with Crippen molar-refractivity contribution in [3.63, 3.8) is 0 Å². The molecule has 6 heteroatoms. The predicted molar refractivity (Wildman–Crippen MR) is 62.3 cm³/mol. The number of hydrogen-bond acceptors (Lipinski definition) is 5. The Labute approximate surface area is 102 Å². The third-order valence-electron chi connectivity index (χ3n) is 3.70. The van der Waals surface area contributed by atoms with Gasteiger partial charge in [-0.25, -0.2) is 8.42 Å². The minimum absolute atomic E-state index is 0.0662. The summed E-state index contributed by atoms with van der Waals surface area (Å²) in [4.78, 5) is 0. The van der Waals surface area contributed by atoms with Gasteiger partial charge in [-0.05, 0) is 26.2 Å². The van der Waals surface area contributed by atoms with Gasteiger partial charge in [0.1, 0.15) is 9.84 Å². The minimum atomic E-state index is -2.85. The maximum atomic E-state index is 11.4. The summed E-state index contributed by atoms with van der Waals surface area (Å²) < 4.78 is 34.2. The number of hydrogen-bond donors (Lipinski definition) is 1. The van der Waals surface area contributed by atoms with Gasteiger partial charge >= 0.3 is 0 Å². The fraction of sp³-hybridized carbons (Fsp3) is 1.00. The highest BCUT2D eigenvalue weighted by molar-refractivity contribution is 7.91. The lowest BCUT2D eigenvalue weighted by Crippen LogP contribution is -2.41. The van der Waals surface area contributed by atoms with Crippen molar-refractivity contribution in [2.24, 2.45) is 5.92 Å². The van der Waals surface area contributed by atoms with Crippen molar-refractivity contribution in [2.75, 3.05) is 24.7 Å². The highest BCUT2D eigenvalue weighted by Crippen LogP contribution is 2.38. The van der Waals surface area contributed by atoms with Gasteiger partial charge in [-0.3, -0.25) is 0 Å². The number of aliphatic hydroxyl groups excluding tert-OH is 1. The Balaban J connectivity index is 1.94. The standard InChI is InChI=1S/C11H20O5S/c1-11(15-8-10(16-11)2-5-12)9-3-6-17(13,14)7-4-9/h9-10,12H,2-8H2,1H3. The molecule has 2 fully saturated rings. The first-order valence-electron chi connectivity index (χ1n) is 6.08. The number of ether oxygens (including phenoxy) is 2. The summed E-state index contributed by atoms with van der Waals surface area (Å²) in [5.74, 6) is -0.0832. The predicted octanol–water partition coefficient (Wildman–Crippen LogP) is 0.325. The Kier molecular flexibility index (Phi) is 3.77. The molecule has 2 heterocycles. The Morgan fingerprint density at radius 2 is 2.00 bits per heavy atom. The maximum Gasteiger partial charge on any atom is 0.168 e. The van der Waals surface area contributed by atoms with Crippen LogP contribution in [0.5, 0.6) is 0 Å². The van der Waals surface area contributed by atoms with E-state index in [0.29, 0.717) is 25.9 Å². The first-order valence-corrected chi connectivity index (χ1v) is 7.90. The summed E-state index contributed by atoms with van der Waals surface area (Å²) in [5.41, 5.74) is 0. The summed E-state index contributed by atoms with van der Waals surface area (Å²) >= 11 is 0. The SMILES string of the molecule is CC1(C2CCS(=O)(=O)CC2)OCC(CCO)O1. The van der Waals surface area contributed by atoms with Crippen LogP contribution in [0, 0.1) is 5.92 Å². The second-order valence-corrected chi connectivity index (χ2v) is 7.31. The van der Waals surface area contributed by atoms with Crippen LogP contribution in [0.3, 0.4) is 0 Å². The van der Waals surface area contributed by atoms with Gasteiger partial charge in [-0.15, -0.1) is 0 Å². The quantitative estimate of drug-likeness (QED) is 0.795. The molecule has 2 atom stereocenters. The molecular formula is C11H20O5S. The Hall–Kier alpha value is -0.170. The lowest BCUT2D eigenvalue weighted by molar-refractivity contribution is -0.193. The first kappa shape index (κ1) is 13.3. The van der Waals surface area contributed by atoms with E-state index in [4.69, 9.17) is 14.6 Å². The minimum Gasteiger partial charge on any atom is -0.396 e. The first-order chi connectivity index (χ1) is 7.95. The topological polar surface area (TPSA) is 72.8 Å². The highest BCUT2D eigenvalue weighted by atomic mass is 32.2. The molecule has 100 valence electrons. The number of aliphatic hydroxyl groups is 1. The zero-order chi connectivity index (χ0) is 12.5. The van der Waals surface area contributed by atoms with Gasteiger partial charge in [0.2, 0.25) is 0 Å². The molecule has 0 aromatic heterocycles. The van der Waals surface area contributed by atoms with E-state index in [1.54, 1.807) is 0 Å². The molecule has 0 aromatic carbocycles. The third kappa shape index (κ3) is 2.99. The van der Waals surface area contributed by atoms with Crippen molar-refractivity contribution in [1.82, 2.24) is 0 Å². The second kappa shape index (κ2) is 4.84. The van der Waals surface area contributed by atoms with Crippen molar-refractivity contribution in [2.45, 2.75) is 38.1 Å². The van der Waals surface area contributed by atoms with Gasteiger partial charge in [0, 0.05) is 12.5 Å². The van der Waals surface area contributed by atoms with E-state index in [9.17, 15) is 8.42 Å². The van der Waals surface area contributed by atoms with Crippen molar-refractivity contribution in [3.05, 3.63) is 0 Å². The summed E-state index contributed by atoms with van der Waals surface area (Å²) in [6, 6.07) is 0. The van der Waals surface area contributed by atoms with E-state index in [1.807, 2.05) is 6.92 Å². The van der Waals surface area contributed by atoms with E-state index in [1.165, 1.54) is 0 Å². The summed E-state index contributed by atoms with van der Waals surface area (Å²) in [6.07, 6.45) is 1.71. The van der Waals surface area contributed by atoms with Crippen molar-refractivity contribution in [1.29, 1.82) is 0 Å². The van der Waals surface area contributed by atoms with Gasteiger partial charge in [0.05, 0.1) is 24.2 Å². The van der Waals surface area contributed by atoms with E-state index >= 15 is 0 Å². The van der Waals surface area contributed by atoms with E-state index in [-0.39, 0.29) is 30.1 Å². The van der Waals surface area contributed by atoms with Crippen LogP contribution in [0.4, 0.5) is 0 Å². The van der Waals surface area contributed by atoms with Crippen LogP contribution in [0.2, 0.25) is 0 Å². The molecule has 0 spiro atoms. The zero-order valence-electron chi connectivity index (χ0n) is 10.1. The Bertz CT molecular complexity index is 352. The molecule has 0 amide bonds. The van der Waals surface area contributed by atoms with E-state index in [0.717, 1.165) is 0 Å². The lowest BCUT2D eigenvalue weighted by Gasteiger charge is -2.35. The van der Waals surface area contributed by atoms with Crippen molar-refractivity contribution < 1.29 is 23.0 Å². The van der Waals surface area contributed by atoms with E-state index < -0.39 is 15.6 Å². The molecular weight excluding hydrogens is 244 g/mol. The monoisotopic (exact) mass is 264 g/mol. The smallest absolute Gasteiger partial charge is 0.168 e. The summed E-state index contributed by atoms with van der Waals surface area (Å²) in [6.45, 7) is 2.45. The molecule has 0 saturated carbocycles. The van der Waals surface area contributed by atoms with Gasteiger partial charge in [-0.2, -0.15) is 0 Å². The molecule has 2 aliphatic rings. The average molecular weight is 264 g/mol. The van der Waals surface area contributed by atoms with Crippen LogP contribution >= 0.6 is 0 Å². The largest absolute Gasteiger partial charge is 0.396 e. The second-order valence-electron chi connectivity index (χ2n) is 5.01. The Morgan fingerprint density at radius 1 is 1.35 bits per heavy atom. The van der Waals surface area contributed by atoms with Gasteiger partial charge in [0.25, 0.3) is 0 Å². The molecule has 2 rings (SSSR count). The fourth-order valence-corrected chi connectivity index (χ4v) is 4.06. The highest BCUT2D eigenvalue weighted by Gasteiger charge is 2.45. The van der Waals surface area contributed by atoms with Crippen LogP contribution in [-0.4, -0.2) is 50.1 Å². The molecule has 5 nitrogen and oxygen atoms in total. The van der Waals surface area contributed by atoms with Crippen LogP contribution < -0.4 is 0 Å². The fourth-order valence-electron chi connectivity index (χ4n) is 2.57. The van der Waals surface area contributed by atoms with Crippen LogP contribution in [0.25, 0.3) is 0 Å². The number of rotatable bonds is 3. The molecule has 0 aromatic rings.